The van der Waals surface area contributed by atoms with Gasteiger partial charge in [0.25, 0.3) is 11.8 Å². The van der Waals surface area contributed by atoms with E-state index in [0.717, 1.165) is 0 Å². The lowest BCUT2D eigenvalue weighted by molar-refractivity contribution is 0.0635. The molecule has 0 N–H and O–H groups in total. The van der Waals surface area contributed by atoms with E-state index in [0.29, 0.717) is 24.3 Å². The quantitative estimate of drug-likeness (QED) is 0.599. The zero-order chi connectivity index (χ0) is 12.0. The molecule has 1 atom stereocenters. The van der Waals surface area contributed by atoms with Crippen LogP contribution in [0.4, 0.5) is 0 Å². The number of imide groups is 1. The highest BCUT2D eigenvalue weighted by atomic mass is 32.2. The van der Waals surface area contributed by atoms with Crippen LogP contribution < -0.4 is 0 Å². The summed E-state index contributed by atoms with van der Waals surface area (Å²) >= 11 is 1.54. The predicted octanol–water partition coefficient (Wildman–Crippen LogP) is 1.37. The molecule has 1 aromatic carbocycles. The molecule has 4 nitrogen and oxygen atoms in total. The lowest BCUT2D eigenvalue weighted by Crippen LogP contribution is -2.37. The smallest absolute Gasteiger partial charge is 0.261 e. The molecule has 0 unspecified atom stereocenters. The van der Waals surface area contributed by atoms with Crippen molar-refractivity contribution in [3.8, 4) is 0 Å². The maximum absolute atomic E-state index is 12.1. The summed E-state index contributed by atoms with van der Waals surface area (Å²) in [7, 11) is 0. The summed E-state index contributed by atoms with van der Waals surface area (Å²) in [4.78, 5) is 25.1. The summed E-state index contributed by atoms with van der Waals surface area (Å²) in [6.07, 6.45) is 1.92. The number of amides is 2. The Kier molecular flexibility index (Phi) is 2.27. The lowest BCUT2D eigenvalue weighted by Gasteiger charge is -2.17. The van der Waals surface area contributed by atoms with Gasteiger partial charge in [-0.3, -0.25) is 14.5 Å². The van der Waals surface area contributed by atoms with Crippen LogP contribution >= 0.6 is 11.8 Å². The summed E-state index contributed by atoms with van der Waals surface area (Å²) in [5.41, 5.74) is 0.990. The Morgan fingerprint density at radius 2 is 1.82 bits per heavy atom. The van der Waals surface area contributed by atoms with Gasteiger partial charge in [-0.2, -0.15) is 0 Å². The van der Waals surface area contributed by atoms with Crippen molar-refractivity contribution in [2.24, 2.45) is 0 Å². The normalized spacial score (nSPS) is 26.3. The molecule has 0 radical (unpaired) electrons. The van der Waals surface area contributed by atoms with Crippen LogP contribution in [0.2, 0.25) is 0 Å². The van der Waals surface area contributed by atoms with Crippen LogP contribution in [0, 0.1) is 0 Å². The number of epoxide rings is 1. The molecule has 17 heavy (non-hydrogen) atoms. The van der Waals surface area contributed by atoms with Gasteiger partial charge in [0, 0.05) is 0 Å². The molecule has 88 valence electrons. The Morgan fingerprint density at radius 1 is 1.29 bits per heavy atom. The summed E-state index contributed by atoms with van der Waals surface area (Å²) in [5, 5.41) is 0. The third kappa shape index (κ3) is 1.57. The van der Waals surface area contributed by atoms with E-state index in [9.17, 15) is 9.59 Å². The van der Waals surface area contributed by atoms with Crippen LogP contribution in [0.15, 0.2) is 24.3 Å². The van der Waals surface area contributed by atoms with E-state index in [1.807, 2.05) is 6.26 Å². The van der Waals surface area contributed by atoms with Crippen LogP contribution in [0.25, 0.3) is 0 Å². The molecule has 2 aliphatic rings. The summed E-state index contributed by atoms with van der Waals surface area (Å²) in [6.45, 7) is 0.933. The highest BCUT2D eigenvalue weighted by Crippen LogP contribution is 2.39. The molecule has 0 spiro atoms. The van der Waals surface area contributed by atoms with E-state index < -0.39 is 0 Å². The second kappa shape index (κ2) is 3.58. The Hall–Kier alpha value is -1.33. The molecule has 5 heteroatoms. The van der Waals surface area contributed by atoms with Crippen molar-refractivity contribution in [2.75, 3.05) is 19.4 Å². The van der Waals surface area contributed by atoms with Gasteiger partial charge in [-0.05, 0) is 18.4 Å². The van der Waals surface area contributed by atoms with Crippen molar-refractivity contribution in [1.29, 1.82) is 0 Å². The van der Waals surface area contributed by atoms with Crippen LogP contribution in [0.3, 0.4) is 0 Å². The topological polar surface area (TPSA) is 49.9 Å². The second-order valence-electron chi connectivity index (χ2n) is 4.15. The van der Waals surface area contributed by atoms with Crippen molar-refractivity contribution in [1.82, 2.24) is 4.90 Å². The fourth-order valence-electron chi connectivity index (χ4n) is 1.98. The highest BCUT2D eigenvalue weighted by Gasteiger charge is 2.49. The number of ether oxygens (including phenoxy) is 1. The Labute approximate surface area is 103 Å². The maximum Gasteiger partial charge on any atom is 0.261 e. The zero-order valence-corrected chi connectivity index (χ0v) is 10.1. The van der Waals surface area contributed by atoms with E-state index in [1.54, 1.807) is 24.3 Å². The third-order valence-electron chi connectivity index (χ3n) is 3.12. The van der Waals surface area contributed by atoms with Gasteiger partial charge in [-0.25, -0.2) is 0 Å². The van der Waals surface area contributed by atoms with Crippen LogP contribution in [0.1, 0.15) is 20.7 Å². The van der Waals surface area contributed by atoms with Gasteiger partial charge >= 0.3 is 0 Å². The summed E-state index contributed by atoms with van der Waals surface area (Å²) in [6, 6.07) is 6.92. The van der Waals surface area contributed by atoms with E-state index >= 15 is 0 Å². The minimum absolute atomic E-state index is 0.213. The number of nitrogens with zero attached hydrogens (tertiary/aromatic N) is 1. The van der Waals surface area contributed by atoms with E-state index in [4.69, 9.17) is 4.74 Å². The van der Waals surface area contributed by atoms with Gasteiger partial charge in [0.15, 0.2) is 4.93 Å². The van der Waals surface area contributed by atoms with Crippen molar-refractivity contribution in [3.63, 3.8) is 0 Å². The minimum atomic E-state index is -0.368. The monoisotopic (exact) mass is 249 g/mol. The average Bonchev–Trinajstić information content (AvgIpc) is 3.10. The first-order valence-electron chi connectivity index (χ1n) is 5.31. The molecular weight excluding hydrogens is 238 g/mol. The molecule has 1 saturated heterocycles. The van der Waals surface area contributed by atoms with Gasteiger partial charge < -0.3 is 4.74 Å². The van der Waals surface area contributed by atoms with E-state index in [2.05, 4.69) is 0 Å². The molecule has 0 aliphatic carbocycles. The van der Waals surface area contributed by atoms with Gasteiger partial charge in [-0.15, -0.1) is 11.8 Å². The lowest BCUT2D eigenvalue weighted by atomic mass is 10.1. The van der Waals surface area contributed by atoms with Crippen molar-refractivity contribution >= 4 is 23.6 Å². The SMILES string of the molecule is CS[C@]1(CN2C(=O)c3ccccc3C2=O)CO1. The maximum atomic E-state index is 12.1. The first-order chi connectivity index (χ1) is 8.17. The van der Waals surface area contributed by atoms with Crippen LogP contribution in [-0.4, -0.2) is 41.1 Å². The molecule has 0 aromatic heterocycles. The molecule has 2 aliphatic heterocycles. The molecule has 1 aromatic rings. The van der Waals surface area contributed by atoms with Crippen LogP contribution in [-0.2, 0) is 4.74 Å². The number of fused-ring (bicyclic) bond motifs is 1. The molecule has 0 bridgehead atoms. The standard InChI is InChI=1S/C12H11NO3S/c1-17-12(7-16-12)6-13-10(14)8-4-2-3-5-9(8)11(13)15/h2-5H,6-7H2,1H3/t12-/m1/s1. The summed E-state index contributed by atoms with van der Waals surface area (Å²) < 4.78 is 5.32. The zero-order valence-electron chi connectivity index (χ0n) is 9.30. The number of benzene rings is 1. The minimum Gasteiger partial charge on any atom is -0.356 e. The first-order valence-corrected chi connectivity index (χ1v) is 6.54. The fourth-order valence-corrected chi connectivity index (χ4v) is 2.53. The van der Waals surface area contributed by atoms with Gasteiger partial charge in [0.2, 0.25) is 0 Å². The number of hydrogen-bond acceptors (Lipinski definition) is 4. The van der Waals surface area contributed by atoms with E-state index in [1.165, 1.54) is 16.7 Å². The predicted molar refractivity (Wildman–Crippen MR) is 64.0 cm³/mol. The molecule has 1 fully saturated rings. The summed E-state index contributed by atoms with van der Waals surface area (Å²) in [5.74, 6) is -0.427. The van der Waals surface area contributed by atoms with Crippen molar-refractivity contribution in [3.05, 3.63) is 35.4 Å². The number of carbonyl (C=O) groups is 2. The molecule has 0 saturated carbocycles. The van der Waals surface area contributed by atoms with Gasteiger partial charge in [-0.1, -0.05) is 12.1 Å². The first kappa shape index (κ1) is 10.8. The molecule has 3 rings (SSSR count). The number of rotatable bonds is 3. The number of hydrogen-bond donors (Lipinski definition) is 0. The Morgan fingerprint density at radius 3 is 2.24 bits per heavy atom. The van der Waals surface area contributed by atoms with E-state index in [-0.39, 0.29) is 16.7 Å². The van der Waals surface area contributed by atoms with Gasteiger partial charge in [0.05, 0.1) is 24.3 Å². The van der Waals surface area contributed by atoms with Gasteiger partial charge in [0.1, 0.15) is 0 Å². The third-order valence-corrected chi connectivity index (χ3v) is 4.22. The second-order valence-corrected chi connectivity index (χ2v) is 5.30. The highest BCUT2D eigenvalue weighted by molar-refractivity contribution is 8.00. The Balaban J connectivity index is 1.90. The van der Waals surface area contributed by atoms with Crippen molar-refractivity contribution < 1.29 is 14.3 Å². The number of thioether (sulfide) groups is 1. The largest absolute Gasteiger partial charge is 0.356 e. The fraction of sp³-hybridized carbons (Fsp3) is 0.333. The van der Waals surface area contributed by atoms with Crippen LogP contribution in [0.5, 0.6) is 0 Å². The molecule has 2 heterocycles. The van der Waals surface area contributed by atoms with Crippen molar-refractivity contribution in [2.45, 2.75) is 4.93 Å². The molecule has 2 amide bonds. The Bertz CT molecular complexity index is 475. The number of carbonyl (C=O) groups excluding carboxylic acids is 2. The molecular formula is C12H11NO3S. The average molecular weight is 249 g/mol.